The maximum absolute atomic E-state index is 11.8. The first-order valence-corrected chi connectivity index (χ1v) is 5.96. The van der Waals surface area contributed by atoms with Gasteiger partial charge in [0.25, 0.3) is 0 Å². The maximum Gasteiger partial charge on any atom is 0.226 e. The van der Waals surface area contributed by atoms with E-state index in [2.05, 4.69) is 26.8 Å². The summed E-state index contributed by atoms with van der Waals surface area (Å²) in [6, 6.07) is 0. The molecule has 0 aliphatic rings. The molecule has 0 aromatic rings. The Morgan fingerprint density at radius 2 is 2.00 bits per heavy atom. The Hall–Kier alpha value is -0.790. The lowest BCUT2D eigenvalue weighted by Crippen LogP contribution is -2.25. The molecule has 0 aromatic carbocycles. The fraction of sp³-hybridized carbons (Fsp3) is 0.769. The summed E-state index contributed by atoms with van der Waals surface area (Å²) in [7, 11) is 1.86. The molecule has 0 rings (SSSR count). The van der Waals surface area contributed by atoms with Crippen LogP contribution in [-0.4, -0.2) is 17.9 Å². The molecule has 1 atom stereocenters. The molecule has 1 amide bonds. The lowest BCUT2D eigenvalue weighted by molar-refractivity contribution is -0.128. The largest absolute Gasteiger partial charge is 0.320 e. The van der Waals surface area contributed by atoms with Crippen molar-refractivity contribution in [3.8, 4) is 0 Å². The maximum atomic E-state index is 11.8. The van der Waals surface area contributed by atoms with Crippen LogP contribution >= 0.6 is 0 Å². The van der Waals surface area contributed by atoms with Gasteiger partial charge in [0.2, 0.25) is 5.91 Å². The Bertz CT molecular complexity index is 221. The van der Waals surface area contributed by atoms with Crippen LogP contribution in [0.1, 0.15) is 53.4 Å². The molecule has 15 heavy (non-hydrogen) atoms. The second-order valence-electron chi connectivity index (χ2n) is 4.26. The Morgan fingerprint density at radius 3 is 2.47 bits per heavy atom. The lowest BCUT2D eigenvalue weighted by atomic mass is 10.0. The molecule has 0 bridgehead atoms. The van der Waals surface area contributed by atoms with Crippen LogP contribution in [0.15, 0.2) is 11.8 Å². The monoisotopic (exact) mass is 211 g/mol. The third-order valence-corrected chi connectivity index (χ3v) is 2.95. The third kappa shape index (κ3) is 5.60. The molecule has 0 N–H and O–H groups in total. The van der Waals surface area contributed by atoms with Gasteiger partial charge < -0.3 is 4.90 Å². The minimum absolute atomic E-state index is 0.234. The second kappa shape index (κ2) is 7.49. The van der Waals surface area contributed by atoms with Gasteiger partial charge in [-0.05, 0) is 25.7 Å². The van der Waals surface area contributed by atoms with E-state index in [0.29, 0.717) is 12.3 Å². The standard InChI is InChI=1S/C13H25NO/c1-6-8-12(4)14(5)13(15)10-9-11(3)7-2/h8,11H,6-7,9-10H2,1-5H3/b12-8+. The zero-order valence-corrected chi connectivity index (χ0v) is 10.8. The number of carbonyl (C=O) groups is 1. The summed E-state index contributed by atoms with van der Waals surface area (Å²) in [5.74, 6) is 0.885. The van der Waals surface area contributed by atoms with Gasteiger partial charge in [0, 0.05) is 19.2 Å². The molecule has 2 heteroatoms. The normalized spacial score (nSPS) is 13.8. The van der Waals surface area contributed by atoms with Crippen molar-refractivity contribution in [3.63, 3.8) is 0 Å². The Kier molecular flexibility index (Phi) is 7.10. The minimum Gasteiger partial charge on any atom is -0.320 e. The van der Waals surface area contributed by atoms with Crippen molar-refractivity contribution in [1.29, 1.82) is 0 Å². The highest BCUT2D eigenvalue weighted by Gasteiger charge is 2.11. The predicted molar refractivity (Wildman–Crippen MR) is 65.5 cm³/mol. The zero-order chi connectivity index (χ0) is 11.8. The molecule has 0 fully saturated rings. The molecule has 0 radical (unpaired) electrons. The average molecular weight is 211 g/mol. The molecular weight excluding hydrogens is 186 g/mol. The van der Waals surface area contributed by atoms with Crippen LogP contribution in [0.4, 0.5) is 0 Å². The second-order valence-corrected chi connectivity index (χ2v) is 4.26. The van der Waals surface area contributed by atoms with Gasteiger partial charge in [-0.3, -0.25) is 4.79 Å². The van der Waals surface area contributed by atoms with Gasteiger partial charge in [-0.15, -0.1) is 0 Å². The highest BCUT2D eigenvalue weighted by molar-refractivity contribution is 5.77. The summed E-state index contributed by atoms with van der Waals surface area (Å²) in [5.41, 5.74) is 1.06. The molecule has 88 valence electrons. The molecular formula is C13H25NO. The molecule has 0 heterocycles. The molecule has 0 saturated heterocycles. The summed E-state index contributed by atoms with van der Waals surface area (Å²) in [4.78, 5) is 13.5. The SMILES string of the molecule is CC/C=C(\C)N(C)C(=O)CCC(C)CC. The van der Waals surface area contributed by atoms with Crippen LogP contribution in [0, 0.1) is 5.92 Å². The summed E-state index contributed by atoms with van der Waals surface area (Å²) < 4.78 is 0. The van der Waals surface area contributed by atoms with Crippen LogP contribution in [-0.2, 0) is 4.79 Å². The number of carbonyl (C=O) groups excluding carboxylic acids is 1. The first-order chi connectivity index (χ1) is 7.02. The van der Waals surface area contributed by atoms with Crippen molar-refractivity contribution in [2.75, 3.05) is 7.05 Å². The van der Waals surface area contributed by atoms with Crippen LogP contribution in [0.5, 0.6) is 0 Å². The molecule has 0 aliphatic carbocycles. The van der Waals surface area contributed by atoms with Gasteiger partial charge >= 0.3 is 0 Å². The van der Waals surface area contributed by atoms with E-state index in [1.165, 1.54) is 0 Å². The third-order valence-electron chi connectivity index (χ3n) is 2.95. The number of amides is 1. The van der Waals surface area contributed by atoms with Gasteiger partial charge in [-0.25, -0.2) is 0 Å². The fourth-order valence-electron chi connectivity index (χ4n) is 1.37. The van der Waals surface area contributed by atoms with Crippen LogP contribution in [0.2, 0.25) is 0 Å². The van der Waals surface area contributed by atoms with Crippen molar-refractivity contribution in [2.24, 2.45) is 5.92 Å². The van der Waals surface area contributed by atoms with Crippen molar-refractivity contribution in [3.05, 3.63) is 11.8 Å². The summed E-state index contributed by atoms with van der Waals surface area (Å²) in [6.45, 7) is 8.44. The van der Waals surface area contributed by atoms with E-state index in [4.69, 9.17) is 0 Å². The summed E-state index contributed by atoms with van der Waals surface area (Å²) in [6.07, 6.45) is 5.89. The van der Waals surface area contributed by atoms with Crippen molar-refractivity contribution < 1.29 is 4.79 Å². The van der Waals surface area contributed by atoms with Crippen molar-refractivity contribution >= 4 is 5.91 Å². The van der Waals surface area contributed by atoms with Gasteiger partial charge in [0.15, 0.2) is 0 Å². The number of hydrogen-bond donors (Lipinski definition) is 0. The molecule has 0 spiro atoms. The van der Waals surface area contributed by atoms with Gasteiger partial charge in [-0.1, -0.05) is 33.3 Å². The van der Waals surface area contributed by atoms with Crippen molar-refractivity contribution in [1.82, 2.24) is 4.90 Å². The molecule has 0 aliphatic heterocycles. The quantitative estimate of drug-likeness (QED) is 0.657. The lowest BCUT2D eigenvalue weighted by Gasteiger charge is -2.18. The van der Waals surface area contributed by atoms with E-state index >= 15 is 0 Å². The summed E-state index contributed by atoms with van der Waals surface area (Å²) in [5, 5.41) is 0. The number of rotatable bonds is 6. The van der Waals surface area contributed by atoms with E-state index < -0.39 is 0 Å². The zero-order valence-electron chi connectivity index (χ0n) is 10.8. The highest BCUT2D eigenvalue weighted by Crippen LogP contribution is 2.12. The number of allylic oxidation sites excluding steroid dienone is 2. The van der Waals surface area contributed by atoms with Gasteiger partial charge in [-0.2, -0.15) is 0 Å². The van der Waals surface area contributed by atoms with E-state index in [-0.39, 0.29) is 5.91 Å². The molecule has 1 unspecified atom stereocenters. The van der Waals surface area contributed by atoms with Crippen LogP contribution in [0.3, 0.4) is 0 Å². The number of nitrogens with zero attached hydrogens (tertiary/aromatic N) is 1. The smallest absolute Gasteiger partial charge is 0.226 e. The van der Waals surface area contributed by atoms with Crippen LogP contribution in [0.25, 0.3) is 0 Å². The highest BCUT2D eigenvalue weighted by atomic mass is 16.2. The minimum atomic E-state index is 0.234. The van der Waals surface area contributed by atoms with Crippen LogP contribution < -0.4 is 0 Å². The Morgan fingerprint density at radius 1 is 1.40 bits per heavy atom. The summed E-state index contributed by atoms with van der Waals surface area (Å²) >= 11 is 0. The first kappa shape index (κ1) is 14.2. The molecule has 0 saturated carbocycles. The Balaban J connectivity index is 4.05. The molecule has 0 aromatic heterocycles. The molecule has 2 nitrogen and oxygen atoms in total. The van der Waals surface area contributed by atoms with E-state index in [1.54, 1.807) is 4.90 Å². The average Bonchev–Trinajstić information content (AvgIpc) is 2.24. The first-order valence-electron chi connectivity index (χ1n) is 5.96. The van der Waals surface area contributed by atoms with E-state index in [0.717, 1.165) is 25.0 Å². The fourth-order valence-corrected chi connectivity index (χ4v) is 1.37. The van der Waals surface area contributed by atoms with E-state index in [9.17, 15) is 4.79 Å². The van der Waals surface area contributed by atoms with Crippen molar-refractivity contribution in [2.45, 2.75) is 53.4 Å². The van der Waals surface area contributed by atoms with Gasteiger partial charge in [0.05, 0.1) is 0 Å². The number of hydrogen-bond acceptors (Lipinski definition) is 1. The van der Waals surface area contributed by atoms with Gasteiger partial charge in [0.1, 0.15) is 0 Å². The predicted octanol–water partition coefficient (Wildman–Crippen LogP) is 3.58. The van der Waals surface area contributed by atoms with E-state index in [1.807, 2.05) is 14.0 Å². The topological polar surface area (TPSA) is 20.3 Å². The Labute approximate surface area is 94.4 Å².